The summed E-state index contributed by atoms with van der Waals surface area (Å²) < 4.78 is 0. The molecule has 0 spiro atoms. The van der Waals surface area contributed by atoms with E-state index in [0.29, 0.717) is 18.0 Å². The van der Waals surface area contributed by atoms with Crippen LogP contribution in [-0.2, 0) is 4.79 Å². The van der Waals surface area contributed by atoms with Crippen LogP contribution < -0.4 is 10.6 Å². The predicted molar refractivity (Wildman–Crippen MR) is 67.3 cm³/mol. The van der Waals surface area contributed by atoms with Gasteiger partial charge < -0.3 is 10.6 Å². The van der Waals surface area contributed by atoms with E-state index in [1.807, 2.05) is 13.8 Å². The summed E-state index contributed by atoms with van der Waals surface area (Å²) >= 11 is 0. The minimum absolute atomic E-state index is 0.0637. The number of amides is 1. The first kappa shape index (κ1) is 13.5. The second-order valence-corrected chi connectivity index (χ2v) is 5.72. The molecule has 1 amide bonds. The zero-order chi connectivity index (χ0) is 12.2. The van der Waals surface area contributed by atoms with Gasteiger partial charge in [0.05, 0.1) is 6.04 Å². The number of nitrogens with one attached hydrogen (secondary N) is 2. The molecule has 1 aliphatic rings. The normalized spacial score (nSPS) is 22.8. The first-order valence-corrected chi connectivity index (χ1v) is 6.48. The fraction of sp³-hybridized carbons (Fsp3) is 0.923. The summed E-state index contributed by atoms with van der Waals surface area (Å²) in [6.07, 6.45) is 4.90. The first-order chi connectivity index (χ1) is 7.44. The Morgan fingerprint density at radius 3 is 2.44 bits per heavy atom. The Morgan fingerprint density at radius 2 is 1.94 bits per heavy atom. The summed E-state index contributed by atoms with van der Waals surface area (Å²) in [5.74, 6) is 0.118. The summed E-state index contributed by atoms with van der Waals surface area (Å²) in [6, 6.07) is 0.455. The van der Waals surface area contributed by atoms with Crippen LogP contribution in [0, 0.1) is 5.41 Å². The van der Waals surface area contributed by atoms with Gasteiger partial charge in [-0.3, -0.25) is 4.79 Å². The molecule has 16 heavy (non-hydrogen) atoms. The van der Waals surface area contributed by atoms with Crippen LogP contribution in [0.5, 0.6) is 0 Å². The first-order valence-electron chi connectivity index (χ1n) is 6.48. The van der Waals surface area contributed by atoms with Crippen molar-refractivity contribution in [3.8, 4) is 0 Å². The van der Waals surface area contributed by atoms with Crippen molar-refractivity contribution in [1.29, 1.82) is 0 Å². The molecule has 0 aromatic rings. The molecule has 1 saturated carbocycles. The maximum absolute atomic E-state index is 11.6. The molecule has 1 fully saturated rings. The van der Waals surface area contributed by atoms with E-state index >= 15 is 0 Å². The van der Waals surface area contributed by atoms with Crippen molar-refractivity contribution in [2.45, 2.75) is 65.5 Å². The van der Waals surface area contributed by atoms with Gasteiger partial charge in [0, 0.05) is 12.6 Å². The average Bonchev–Trinajstić information content (AvgIpc) is 2.21. The number of carbonyl (C=O) groups excluding carboxylic acids is 1. The lowest BCUT2D eigenvalue weighted by Crippen LogP contribution is -2.48. The summed E-state index contributed by atoms with van der Waals surface area (Å²) in [6.45, 7) is 9.27. The molecule has 0 saturated heterocycles. The minimum atomic E-state index is -0.0637. The monoisotopic (exact) mass is 226 g/mol. The van der Waals surface area contributed by atoms with Crippen molar-refractivity contribution in [3.05, 3.63) is 0 Å². The van der Waals surface area contributed by atoms with E-state index in [1.165, 1.54) is 25.7 Å². The third kappa shape index (κ3) is 4.12. The second kappa shape index (κ2) is 5.67. The molecule has 1 aliphatic carbocycles. The van der Waals surface area contributed by atoms with Crippen LogP contribution in [0.15, 0.2) is 0 Å². The number of rotatable bonds is 4. The van der Waals surface area contributed by atoms with Gasteiger partial charge in [0.1, 0.15) is 0 Å². The topological polar surface area (TPSA) is 41.1 Å². The molecule has 0 bridgehead atoms. The van der Waals surface area contributed by atoms with E-state index < -0.39 is 0 Å². The molecule has 2 N–H and O–H groups in total. The Balaban J connectivity index is 2.30. The largest absolute Gasteiger partial charge is 0.355 e. The summed E-state index contributed by atoms with van der Waals surface area (Å²) in [5, 5.41) is 6.28. The molecule has 3 nitrogen and oxygen atoms in total. The Labute approximate surface area is 99.4 Å². The molecule has 0 heterocycles. The molecule has 0 aliphatic heterocycles. The van der Waals surface area contributed by atoms with Crippen LogP contribution in [0.1, 0.15) is 53.4 Å². The summed E-state index contributed by atoms with van der Waals surface area (Å²) in [4.78, 5) is 11.6. The predicted octanol–water partition coefficient (Wildman–Crippen LogP) is 2.07. The van der Waals surface area contributed by atoms with Gasteiger partial charge in [-0.1, -0.05) is 13.8 Å². The molecule has 1 unspecified atom stereocenters. The van der Waals surface area contributed by atoms with Gasteiger partial charge in [-0.2, -0.15) is 0 Å². The fourth-order valence-corrected chi connectivity index (χ4v) is 2.32. The number of hydrogen-bond donors (Lipinski definition) is 2. The van der Waals surface area contributed by atoms with Gasteiger partial charge >= 0.3 is 0 Å². The number of hydrogen-bond acceptors (Lipinski definition) is 2. The van der Waals surface area contributed by atoms with Gasteiger partial charge in [0.2, 0.25) is 5.91 Å². The Morgan fingerprint density at radius 1 is 1.38 bits per heavy atom. The lowest BCUT2D eigenvalue weighted by Gasteiger charge is -2.35. The summed E-state index contributed by atoms with van der Waals surface area (Å²) in [5.41, 5.74) is 0.493. The van der Waals surface area contributed by atoms with Crippen molar-refractivity contribution in [2.75, 3.05) is 6.54 Å². The van der Waals surface area contributed by atoms with Crippen LogP contribution in [0.2, 0.25) is 0 Å². The quantitative estimate of drug-likeness (QED) is 0.770. The Bertz CT molecular complexity index is 228. The molecule has 1 rings (SSSR count). The Hall–Kier alpha value is -0.570. The van der Waals surface area contributed by atoms with Gasteiger partial charge in [-0.05, 0) is 44.9 Å². The van der Waals surface area contributed by atoms with Crippen LogP contribution in [-0.4, -0.2) is 24.5 Å². The molecule has 0 radical (unpaired) electrons. The molecule has 1 atom stereocenters. The molecule has 3 heteroatoms. The lowest BCUT2D eigenvalue weighted by atomic mass is 9.75. The SMILES string of the molecule is CCNC(=O)C(C)NC1CCC(C)(C)CC1. The maximum Gasteiger partial charge on any atom is 0.236 e. The van der Waals surface area contributed by atoms with Crippen LogP contribution >= 0.6 is 0 Å². The smallest absolute Gasteiger partial charge is 0.236 e. The van der Waals surface area contributed by atoms with E-state index in [4.69, 9.17) is 0 Å². The van der Waals surface area contributed by atoms with Gasteiger partial charge in [-0.15, -0.1) is 0 Å². The van der Waals surface area contributed by atoms with E-state index in [0.717, 1.165) is 0 Å². The van der Waals surface area contributed by atoms with Crippen LogP contribution in [0.3, 0.4) is 0 Å². The highest BCUT2D eigenvalue weighted by Gasteiger charge is 2.28. The van der Waals surface area contributed by atoms with Crippen molar-refractivity contribution in [3.63, 3.8) is 0 Å². The van der Waals surface area contributed by atoms with Gasteiger partial charge in [0.25, 0.3) is 0 Å². The highest BCUT2D eigenvalue weighted by Crippen LogP contribution is 2.35. The average molecular weight is 226 g/mol. The lowest BCUT2D eigenvalue weighted by molar-refractivity contribution is -0.122. The number of likely N-dealkylation sites (N-methyl/N-ethyl adjacent to an activating group) is 1. The minimum Gasteiger partial charge on any atom is -0.355 e. The van der Waals surface area contributed by atoms with E-state index in [9.17, 15) is 4.79 Å². The van der Waals surface area contributed by atoms with E-state index in [2.05, 4.69) is 24.5 Å². The van der Waals surface area contributed by atoms with Crippen molar-refractivity contribution in [2.24, 2.45) is 5.41 Å². The standard InChI is InChI=1S/C13H26N2O/c1-5-14-12(16)10(2)15-11-6-8-13(3,4)9-7-11/h10-11,15H,5-9H2,1-4H3,(H,14,16). The molecule has 0 aromatic heterocycles. The van der Waals surface area contributed by atoms with E-state index in [-0.39, 0.29) is 11.9 Å². The molecule has 0 aromatic carbocycles. The maximum atomic E-state index is 11.6. The second-order valence-electron chi connectivity index (χ2n) is 5.72. The zero-order valence-corrected chi connectivity index (χ0v) is 11.1. The third-order valence-corrected chi connectivity index (χ3v) is 3.57. The van der Waals surface area contributed by atoms with Crippen molar-refractivity contribution in [1.82, 2.24) is 10.6 Å². The molecular formula is C13H26N2O. The van der Waals surface area contributed by atoms with Crippen LogP contribution in [0.4, 0.5) is 0 Å². The molecular weight excluding hydrogens is 200 g/mol. The van der Waals surface area contributed by atoms with Gasteiger partial charge in [-0.25, -0.2) is 0 Å². The summed E-state index contributed by atoms with van der Waals surface area (Å²) in [7, 11) is 0. The number of carbonyl (C=O) groups is 1. The van der Waals surface area contributed by atoms with Crippen molar-refractivity contribution >= 4 is 5.91 Å². The highest BCUT2D eigenvalue weighted by atomic mass is 16.2. The molecule has 94 valence electrons. The van der Waals surface area contributed by atoms with Crippen LogP contribution in [0.25, 0.3) is 0 Å². The fourth-order valence-electron chi connectivity index (χ4n) is 2.32. The third-order valence-electron chi connectivity index (χ3n) is 3.57. The zero-order valence-electron chi connectivity index (χ0n) is 11.1. The van der Waals surface area contributed by atoms with E-state index in [1.54, 1.807) is 0 Å². The Kier molecular flexibility index (Phi) is 4.78. The van der Waals surface area contributed by atoms with Crippen molar-refractivity contribution < 1.29 is 4.79 Å². The highest BCUT2D eigenvalue weighted by molar-refractivity contribution is 5.81. The van der Waals surface area contributed by atoms with Gasteiger partial charge in [0.15, 0.2) is 0 Å².